The van der Waals surface area contributed by atoms with E-state index in [-0.39, 0.29) is 11.6 Å². The van der Waals surface area contributed by atoms with Crippen LogP contribution in [-0.2, 0) is 10.0 Å². The first-order valence-electron chi connectivity index (χ1n) is 6.62. The van der Waals surface area contributed by atoms with Gasteiger partial charge < -0.3 is 0 Å². The van der Waals surface area contributed by atoms with E-state index in [0.29, 0.717) is 4.90 Å². The fourth-order valence-electron chi connectivity index (χ4n) is 3.23. The van der Waals surface area contributed by atoms with E-state index in [1.165, 1.54) is 5.57 Å². The van der Waals surface area contributed by atoms with Gasteiger partial charge >= 0.3 is 0 Å². The predicted molar refractivity (Wildman–Crippen MR) is 75.4 cm³/mol. The highest BCUT2D eigenvalue weighted by Crippen LogP contribution is 2.53. The molecule has 0 N–H and O–H groups in total. The topological polar surface area (TPSA) is 37.1 Å². The highest BCUT2D eigenvalue weighted by Gasteiger charge is 2.65. The second kappa shape index (κ2) is 3.93. The van der Waals surface area contributed by atoms with Crippen molar-refractivity contribution in [3.05, 3.63) is 41.5 Å². The van der Waals surface area contributed by atoms with E-state index in [1.54, 1.807) is 16.4 Å². The molecule has 3 nitrogen and oxygen atoms in total. The van der Waals surface area contributed by atoms with Crippen LogP contribution >= 0.6 is 0 Å². The molecular formula is C15H19NO2S. The van der Waals surface area contributed by atoms with E-state index in [4.69, 9.17) is 0 Å². The van der Waals surface area contributed by atoms with Crippen molar-refractivity contribution in [1.82, 2.24) is 4.31 Å². The minimum absolute atomic E-state index is 0.141. The third-order valence-corrected chi connectivity index (χ3v) is 6.40. The lowest BCUT2D eigenvalue weighted by Crippen LogP contribution is -2.21. The smallest absolute Gasteiger partial charge is 0.207 e. The molecule has 0 radical (unpaired) electrons. The Morgan fingerprint density at radius 3 is 2.42 bits per heavy atom. The zero-order valence-electron chi connectivity index (χ0n) is 11.6. The Morgan fingerprint density at radius 1 is 1.21 bits per heavy atom. The van der Waals surface area contributed by atoms with Gasteiger partial charge in [0.15, 0.2) is 0 Å². The van der Waals surface area contributed by atoms with Crippen molar-refractivity contribution in [2.45, 2.75) is 50.1 Å². The van der Waals surface area contributed by atoms with Gasteiger partial charge in [-0.1, -0.05) is 29.3 Å². The van der Waals surface area contributed by atoms with Crippen LogP contribution in [0.3, 0.4) is 0 Å². The minimum Gasteiger partial charge on any atom is -0.207 e. The molecule has 1 aromatic carbocycles. The van der Waals surface area contributed by atoms with E-state index in [1.807, 2.05) is 19.1 Å². The number of fused-ring (bicyclic) bond motifs is 1. The van der Waals surface area contributed by atoms with Gasteiger partial charge in [0.05, 0.1) is 10.4 Å². The van der Waals surface area contributed by atoms with E-state index in [2.05, 4.69) is 19.9 Å². The summed E-state index contributed by atoms with van der Waals surface area (Å²) < 4.78 is 27.1. The molecule has 1 heterocycles. The number of hydrogen-bond acceptors (Lipinski definition) is 2. The van der Waals surface area contributed by atoms with Crippen molar-refractivity contribution in [1.29, 1.82) is 0 Å². The Kier molecular flexibility index (Phi) is 2.67. The number of rotatable bonds is 2. The van der Waals surface area contributed by atoms with Crippen LogP contribution in [0.2, 0.25) is 0 Å². The Morgan fingerprint density at radius 2 is 1.84 bits per heavy atom. The first-order chi connectivity index (χ1) is 8.85. The Balaban J connectivity index is 1.94. The zero-order chi connectivity index (χ0) is 13.8. The number of aryl methyl sites for hydroxylation is 1. The van der Waals surface area contributed by atoms with Gasteiger partial charge in [-0.05, 0) is 45.7 Å². The Labute approximate surface area is 115 Å². The first-order valence-corrected chi connectivity index (χ1v) is 8.06. The largest absolute Gasteiger partial charge is 0.243 e. The lowest BCUT2D eigenvalue weighted by molar-refractivity contribution is 0.512. The van der Waals surface area contributed by atoms with Crippen LogP contribution in [0.4, 0.5) is 0 Å². The van der Waals surface area contributed by atoms with E-state index in [0.717, 1.165) is 18.4 Å². The van der Waals surface area contributed by atoms with E-state index in [9.17, 15) is 8.42 Å². The van der Waals surface area contributed by atoms with Gasteiger partial charge in [-0.15, -0.1) is 0 Å². The van der Waals surface area contributed by atoms with Gasteiger partial charge in [0.2, 0.25) is 10.0 Å². The van der Waals surface area contributed by atoms with Crippen molar-refractivity contribution in [3.63, 3.8) is 0 Å². The molecule has 0 amide bonds. The molecule has 1 aromatic rings. The summed E-state index contributed by atoms with van der Waals surface area (Å²) in [5, 5.41) is 0. The third-order valence-electron chi connectivity index (χ3n) is 4.34. The molecule has 0 saturated carbocycles. The molecule has 1 aliphatic carbocycles. The molecule has 102 valence electrons. The van der Waals surface area contributed by atoms with Crippen molar-refractivity contribution >= 4 is 10.0 Å². The maximum absolute atomic E-state index is 12.7. The van der Waals surface area contributed by atoms with E-state index < -0.39 is 10.0 Å². The van der Waals surface area contributed by atoms with Crippen LogP contribution in [0.5, 0.6) is 0 Å². The minimum atomic E-state index is -3.35. The van der Waals surface area contributed by atoms with Gasteiger partial charge in [0, 0.05) is 6.04 Å². The molecule has 2 aliphatic rings. The predicted octanol–water partition coefficient (Wildman–Crippen LogP) is 2.87. The van der Waals surface area contributed by atoms with Gasteiger partial charge in [0.1, 0.15) is 0 Å². The molecule has 3 rings (SSSR count). The highest BCUT2D eigenvalue weighted by molar-refractivity contribution is 7.89. The van der Waals surface area contributed by atoms with Crippen LogP contribution in [0.25, 0.3) is 0 Å². The molecule has 1 aliphatic heterocycles. The average Bonchev–Trinajstić information content (AvgIpc) is 2.94. The summed E-state index contributed by atoms with van der Waals surface area (Å²) >= 11 is 0. The van der Waals surface area contributed by atoms with Crippen molar-refractivity contribution < 1.29 is 8.42 Å². The average molecular weight is 277 g/mol. The molecule has 1 unspecified atom stereocenters. The summed E-state index contributed by atoms with van der Waals surface area (Å²) in [6.07, 6.45) is 3.85. The molecule has 4 heteroatoms. The molecule has 1 fully saturated rings. The summed E-state index contributed by atoms with van der Waals surface area (Å²) in [7, 11) is -3.35. The van der Waals surface area contributed by atoms with Crippen LogP contribution in [0, 0.1) is 6.92 Å². The second-order valence-electron chi connectivity index (χ2n) is 5.95. The van der Waals surface area contributed by atoms with Crippen LogP contribution < -0.4 is 0 Å². The van der Waals surface area contributed by atoms with Crippen LogP contribution in [-0.4, -0.2) is 24.3 Å². The lowest BCUT2D eigenvalue weighted by Gasteiger charge is -2.14. The molecular weight excluding hydrogens is 258 g/mol. The van der Waals surface area contributed by atoms with Gasteiger partial charge in [-0.2, -0.15) is 4.31 Å². The molecule has 3 atom stereocenters. The maximum Gasteiger partial charge on any atom is 0.243 e. The van der Waals surface area contributed by atoms with Gasteiger partial charge in [-0.3, -0.25) is 0 Å². The Hall–Kier alpha value is -1.13. The normalized spacial score (nSPS) is 33.5. The van der Waals surface area contributed by atoms with Gasteiger partial charge in [-0.25, -0.2) is 8.42 Å². The van der Waals surface area contributed by atoms with Crippen molar-refractivity contribution in [3.8, 4) is 0 Å². The zero-order valence-corrected chi connectivity index (χ0v) is 12.4. The highest BCUT2D eigenvalue weighted by atomic mass is 32.2. The van der Waals surface area contributed by atoms with Crippen molar-refractivity contribution in [2.75, 3.05) is 0 Å². The monoisotopic (exact) mass is 277 g/mol. The molecule has 1 saturated heterocycles. The lowest BCUT2D eigenvalue weighted by atomic mass is 9.91. The maximum atomic E-state index is 12.7. The van der Waals surface area contributed by atoms with Crippen LogP contribution in [0.15, 0.2) is 40.8 Å². The molecule has 0 spiro atoms. The first kappa shape index (κ1) is 12.9. The fourth-order valence-corrected chi connectivity index (χ4v) is 5.27. The number of nitrogens with zero attached hydrogens (tertiary/aromatic N) is 1. The summed E-state index contributed by atoms with van der Waals surface area (Å²) in [4.78, 5) is 0.409. The standard InChI is InChI=1S/C15H19NO2S/c1-11-4-7-13(8-5-11)19(17,18)16-14-9-6-12(2)10-15(14,16)3/h4-8,14H,9-10H2,1-3H3/t14-,15+,16?/m0/s1. The summed E-state index contributed by atoms with van der Waals surface area (Å²) in [6.45, 7) is 6.10. The fraction of sp³-hybridized carbons (Fsp3) is 0.467. The molecule has 0 bridgehead atoms. The quantitative estimate of drug-likeness (QED) is 0.616. The van der Waals surface area contributed by atoms with E-state index >= 15 is 0 Å². The molecule has 0 aromatic heterocycles. The van der Waals surface area contributed by atoms with Crippen LogP contribution in [0.1, 0.15) is 32.3 Å². The summed E-state index contributed by atoms with van der Waals surface area (Å²) in [5.41, 5.74) is 2.16. The number of hydrogen-bond donors (Lipinski definition) is 0. The number of benzene rings is 1. The Bertz CT molecular complexity index is 645. The van der Waals surface area contributed by atoms with Crippen molar-refractivity contribution in [2.24, 2.45) is 0 Å². The third kappa shape index (κ3) is 1.85. The SMILES string of the molecule is CC1=CC[C@@H]2N(S(=O)(=O)c3ccc(C)cc3)[C@]2(C)C1. The summed E-state index contributed by atoms with van der Waals surface area (Å²) in [6, 6.07) is 7.26. The number of sulfonamides is 1. The second-order valence-corrected chi connectivity index (χ2v) is 7.76. The van der Waals surface area contributed by atoms with Gasteiger partial charge in [0.25, 0.3) is 0 Å². The summed E-state index contributed by atoms with van der Waals surface area (Å²) in [5.74, 6) is 0. The molecule has 19 heavy (non-hydrogen) atoms.